The van der Waals surface area contributed by atoms with Gasteiger partial charge in [-0.05, 0) is 177 Å². The molecule has 27 heteroatoms. The lowest BCUT2D eigenvalue weighted by Crippen LogP contribution is -2.22. The predicted molar refractivity (Wildman–Crippen MR) is 358 cm³/mol. The van der Waals surface area contributed by atoms with E-state index in [1.165, 1.54) is 12.5 Å². The summed E-state index contributed by atoms with van der Waals surface area (Å²) in [5, 5.41) is 13.2. The van der Waals surface area contributed by atoms with Gasteiger partial charge < -0.3 is 43.9 Å². The summed E-state index contributed by atoms with van der Waals surface area (Å²) in [5.41, 5.74) is 12.4. The molecule has 6 heterocycles. The number of carbonyl (C=O) groups is 3. The number of sulfone groups is 3. The van der Waals surface area contributed by atoms with Gasteiger partial charge in [0.1, 0.15) is 39.5 Å². The van der Waals surface area contributed by atoms with Crippen molar-refractivity contribution in [3.05, 3.63) is 144 Å². The Morgan fingerprint density at radius 1 is 0.441 bits per heavy atom. The van der Waals surface area contributed by atoms with E-state index in [1.807, 2.05) is 164 Å². The number of carbonyl (C=O) groups excluding carboxylic acids is 3. The number of aromatic nitrogens is 9. The van der Waals surface area contributed by atoms with Crippen LogP contribution in [0.2, 0.25) is 0 Å². The highest BCUT2D eigenvalue weighted by atomic mass is 32.2. The lowest BCUT2D eigenvalue weighted by Gasteiger charge is -2.11. The van der Waals surface area contributed by atoms with Crippen LogP contribution >= 0.6 is 0 Å². The number of hydrogen-bond acceptors (Lipinski definition) is 18. The fourth-order valence-electron chi connectivity index (χ4n) is 9.59. The van der Waals surface area contributed by atoms with Gasteiger partial charge in [-0.2, -0.15) is 15.3 Å². The van der Waals surface area contributed by atoms with Crippen LogP contribution in [0.5, 0.6) is 0 Å². The van der Waals surface area contributed by atoms with Crippen LogP contribution < -0.4 is 0 Å². The first kappa shape index (κ1) is 71.7. The molecule has 498 valence electrons. The maximum Gasteiger partial charge on any atom is 0.327 e. The van der Waals surface area contributed by atoms with Crippen LogP contribution in [-0.2, 0) is 84.2 Å². The number of rotatable bonds is 26. The van der Waals surface area contributed by atoms with Crippen molar-refractivity contribution in [2.75, 3.05) is 100 Å². The van der Waals surface area contributed by atoms with Gasteiger partial charge >= 0.3 is 17.9 Å². The molecule has 24 nitrogen and oxygen atoms in total. The van der Waals surface area contributed by atoms with Crippen molar-refractivity contribution >= 4 is 47.4 Å². The molecular formula is C66H84N12O12S3. The van der Waals surface area contributed by atoms with Gasteiger partial charge in [0, 0.05) is 49.2 Å². The standard InChI is InChI=1S/C23H30N4O4S.C22H28N4O4S.C21H26N4O4S/c1-6-17-7-8-18(14-22(17)32(5,29)30)19-9-10-20(24-19)21-13-16(2)25-27(21)15-23(28)31-12-11-26(3)4;1-5-31(28,29)18-8-6-7-17(14-18)19-9-10-20(23-19)21-13-16(2)24-26(21)15-22(27)30-12-11-25(3)4;1-15-12-20(25(23-15)14-21(26)29-11-10-24(2)3)19-9-8-18(22-19)16-6-5-7-17(13-16)30(4,27)28/h7-10,13-14,24H,6,11-12,15H2,1-5H3;6-10,13-14,23H,5,11-12,15H2,1-4H3;5-9,12-13,22H,10-11,14H2,1-4H3. The first-order valence-corrected chi connectivity index (χ1v) is 35.4. The summed E-state index contributed by atoms with van der Waals surface area (Å²) < 4.78 is 93.2. The van der Waals surface area contributed by atoms with Crippen molar-refractivity contribution in [1.82, 2.24) is 59.0 Å². The lowest BCUT2D eigenvalue weighted by atomic mass is 10.1. The summed E-state index contributed by atoms with van der Waals surface area (Å²) in [6.45, 7) is 12.1. The smallest absolute Gasteiger partial charge is 0.327 e. The Hall–Kier alpha value is -8.73. The van der Waals surface area contributed by atoms with E-state index in [0.29, 0.717) is 55.7 Å². The summed E-state index contributed by atoms with van der Waals surface area (Å²) in [5.74, 6) is -1.00. The minimum atomic E-state index is -3.33. The second-order valence-electron chi connectivity index (χ2n) is 23.1. The van der Waals surface area contributed by atoms with Crippen LogP contribution in [0.3, 0.4) is 0 Å². The summed E-state index contributed by atoms with van der Waals surface area (Å²) in [6.07, 6.45) is 3.05. The van der Waals surface area contributed by atoms with Crippen molar-refractivity contribution in [2.45, 2.75) is 75.4 Å². The van der Waals surface area contributed by atoms with Gasteiger partial charge in [-0.25, -0.2) is 25.3 Å². The number of H-pyrrole nitrogens is 3. The molecule has 0 radical (unpaired) electrons. The van der Waals surface area contributed by atoms with E-state index in [0.717, 1.165) is 90.6 Å². The number of esters is 3. The molecule has 0 saturated carbocycles. The number of likely N-dealkylation sites (N-methyl/N-ethyl adjacent to an activating group) is 3. The first-order valence-electron chi connectivity index (χ1n) is 30.0. The molecule has 0 saturated heterocycles. The van der Waals surface area contributed by atoms with Crippen molar-refractivity contribution < 1.29 is 53.8 Å². The number of hydrogen-bond donors (Lipinski definition) is 3. The molecule has 0 unspecified atom stereocenters. The minimum absolute atomic E-state index is 0.00831. The normalized spacial score (nSPS) is 11.8. The Morgan fingerprint density at radius 2 is 0.785 bits per heavy atom. The highest BCUT2D eigenvalue weighted by molar-refractivity contribution is 7.91. The van der Waals surface area contributed by atoms with E-state index in [1.54, 1.807) is 63.4 Å². The minimum Gasteiger partial charge on any atom is -0.463 e. The number of aryl methyl sites for hydroxylation is 4. The SMILES string of the molecule is CCS(=O)(=O)c1cccc(-c2ccc(-c3cc(C)nn3CC(=O)OCCN(C)C)[nH]2)c1.CCc1ccc(-c2ccc(-c3cc(C)nn3CC(=O)OCCN(C)C)[nH]2)cc1S(C)(=O)=O.Cc1cc(-c2ccc(-c3cccc(S(C)(=O)=O)c3)[nH]2)n(CC(=O)OCCN(C)C)n1. The third kappa shape index (κ3) is 20.4. The molecule has 9 aromatic rings. The van der Waals surface area contributed by atoms with Gasteiger partial charge in [0.2, 0.25) is 0 Å². The van der Waals surface area contributed by atoms with E-state index < -0.39 is 29.5 Å². The van der Waals surface area contributed by atoms with Crippen molar-refractivity contribution in [3.63, 3.8) is 0 Å². The van der Waals surface area contributed by atoms with Crippen LogP contribution in [0.25, 0.3) is 67.9 Å². The number of nitrogens with one attached hydrogen (secondary N) is 3. The lowest BCUT2D eigenvalue weighted by molar-refractivity contribution is -0.145. The Labute approximate surface area is 544 Å². The molecule has 93 heavy (non-hydrogen) atoms. The number of nitrogens with zero attached hydrogens (tertiary/aromatic N) is 9. The zero-order chi connectivity index (χ0) is 68.0. The summed E-state index contributed by atoms with van der Waals surface area (Å²) in [7, 11) is 1.58. The zero-order valence-electron chi connectivity index (χ0n) is 55.0. The van der Waals surface area contributed by atoms with E-state index in [4.69, 9.17) is 14.2 Å². The van der Waals surface area contributed by atoms with Crippen molar-refractivity contribution in [2.24, 2.45) is 0 Å². The number of benzene rings is 3. The summed E-state index contributed by atoms with van der Waals surface area (Å²) >= 11 is 0. The number of ether oxygens (including phenoxy) is 3. The fourth-order valence-corrected chi connectivity index (χ4v) is 12.2. The van der Waals surface area contributed by atoms with Crippen LogP contribution in [0.15, 0.2) is 136 Å². The van der Waals surface area contributed by atoms with E-state index in [2.05, 4.69) is 30.2 Å². The molecule has 0 spiro atoms. The molecule has 0 amide bonds. The second kappa shape index (κ2) is 31.7. The van der Waals surface area contributed by atoms with Crippen LogP contribution in [0.1, 0.15) is 36.5 Å². The molecule has 0 aliphatic carbocycles. The molecular weight excluding hydrogens is 1250 g/mol. The number of aromatic amines is 3. The average Bonchev–Trinajstić information content (AvgIpc) is 1.38. The van der Waals surface area contributed by atoms with Crippen LogP contribution in [0, 0.1) is 20.8 Å². The van der Waals surface area contributed by atoms with Crippen molar-refractivity contribution in [1.29, 1.82) is 0 Å². The first-order chi connectivity index (χ1) is 43.9. The van der Waals surface area contributed by atoms with Crippen LogP contribution in [0.4, 0.5) is 0 Å². The summed E-state index contributed by atoms with van der Waals surface area (Å²) in [6, 6.07) is 36.1. The van der Waals surface area contributed by atoms with Gasteiger partial charge in [-0.1, -0.05) is 50.2 Å². The highest BCUT2D eigenvalue weighted by Gasteiger charge is 2.21. The third-order valence-corrected chi connectivity index (χ3v) is 18.5. The molecule has 3 N–H and O–H groups in total. The molecule has 0 fully saturated rings. The maximum absolute atomic E-state index is 12.2. The van der Waals surface area contributed by atoms with E-state index in [-0.39, 0.29) is 48.2 Å². The fraction of sp³-hybridized carbons (Fsp3) is 0.364. The van der Waals surface area contributed by atoms with Gasteiger partial charge in [-0.15, -0.1) is 0 Å². The van der Waals surface area contributed by atoms with Crippen molar-refractivity contribution in [3.8, 4) is 67.9 Å². The quantitative estimate of drug-likeness (QED) is 0.0341. The topological polar surface area (TPSA) is 292 Å². The molecule has 0 atom stereocenters. The molecule has 0 aliphatic heterocycles. The molecule has 0 aliphatic rings. The molecule has 0 bridgehead atoms. The molecule has 9 rings (SSSR count). The van der Waals surface area contributed by atoms with Gasteiger partial charge in [0.25, 0.3) is 0 Å². The van der Waals surface area contributed by atoms with Gasteiger partial charge in [0.15, 0.2) is 29.5 Å². The monoisotopic (exact) mass is 1330 g/mol. The van der Waals surface area contributed by atoms with Crippen LogP contribution in [-0.4, -0.2) is 202 Å². The van der Waals surface area contributed by atoms with E-state index >= 15 is 0 Å². The maximum atomic E-state index is 12.2. The third-order valence-electron chi connectivity index (χ3n) is 14.4. The predicted octanol–water partition coefficient (Wildman–Crippen LogP) is 8.04. The average molecular weight is 1330 g/mol. The Kier molecular flexibility index (Phi) is 24.5. The largest absolute Gasteiger partial charge is 0.463 e. The Balaban J connectivity index is 0.000000198. The van der Waals surface area contributed by atoms with Gasteiger partial charge in [-0.3, -0.25) is 28.4 Å². The molecule has 3 aromatic carbocycles. The molecule has 6 aromatic heterocycles. The second-order valence-corrected chi connectivity index (χ2v) is 29.4. The Bertz CT molecular complexity index is 4400. The van der Waals surface area contributed by atoms with Gasteiger partial charge in [0.05, 0.1) is 71.7 Å². The van der Waals surface area contributed by atoms with E-state index in [9.17, 15) is 39.6 Å². The highest BCUT2D eigenvalue weighted by Crippen LogP contribution is 2.31. The zero-order valence-corrected chi connectivity index (χ0v) is 57.4. The Morgan fingerprint density at radius 3 is 1.12 bits per heavy atom. The summed E-state index contributed by atoms with van der Waals surface area (Å²) in [4.78, 5) is 53.3.